The maximum Gasteiger partial charge on any atom is 0.353 e. The van der Waals surface area contributed by atoms with Crippen molar-refractivity contribution < 1.29 is 9.90 Å². The standard InChI is InChI=1S/C8H12ClN3O2/c1-4-12-7(11-3)5(9)6(10-2)8(13)14/h10H,3-4H2,1-2H3,(H,13,14). The van der Waals surface area contributed by atoms with Crippen LogP contribution in [-0.4, -0.2) is 37.2 Å². The Morgan fingerprint density at radius 1 is 1.64 bits per heavy atom. The zero-order chi connectivity index (χ0) is 11.1. The lowest BCUT2D eigenvalue weighted by Gasteiger charge is -2.04. The summed E-state index contributed by atoms with van der Waals surface area (Å²) in [5.41, 5.74) is -0.147. The first-order chi connectivity index (χ1) is 6.58. The fraction of sp³-hybridized carbons (Fsp3) is 0.375. The van der Waals surface area contributed by atoms with Crippen molar-refractivity contribution in [3.05, 3.63) is 10.7 Å². The third-order valence-electron chi connectivity index (χ3n) is 1.34. The molecule has 78 valence electrons. The summed E-state index contributed by atoms with van der Waals surface area (Å²) in [6.07, 6.45) is 0. The third kappa shape index (κ3) is 3.18. The number of carboxylic acid groups (broad SMARTS) is 1. The molecule has 0 saturated heterocycles. The topological polar surface area (TPSA) is 74.0 Å². The number of hydrogen-bond acceptors (Lipinski definition) is 3. The Labute approximate surface area is 87.2 Å². The van der Waals surface area contributed by atoms with E-state index in [-0.39, 0.29) is 16.6 Å². The minimum atomic E-state index is -1.16. The van der Waals surface area contributed by atoms with Crippen molar-refractivity contribution >= 4 is 30.1 Å². The van der Waals surface area contributed by atoms with Crippen molar-refractivity contribution in [2.24, 2.45) is 9.98 Å². The predicted molar refractivity (Wildman–Crippen MR) is 57.1 cm³/mol. The Balaban J connectivity index is 5.21. The van der Waals surface area contributed by atoms with Crippen molar-refractivity contribution in [2.75, 3.05) is 13.6 Å². The van der Waals surface area contributed by atoms with E-state index in [1.807, 2.05) is 0 Å². The summed E-state index contributed by atoms with van der Waals surface area (Å²) in [6.45, 7) is 5.50. The maximum atomic E-state index is 10.7. The molecule has 0 aromatic rings. The molecule has 5 nitrogen and oxygen atoms in total. The molecule has 0 amide bonds. The Hall–Kier alpha value is -1.36. The molecule has 0 atom stereocenters. The van der Waals surface area contributed by atoms with Crippen molar-refractivity contribution in [1.29, 1.82) is 0 Å². The summed E-state index contributed by atoms with van der Waals surface area (Å²) < 4.78 is 0. The summed E-state index contributed by atoms with van der Waals surface area (Å²) in [5.74, 6) is -1.04. The largest absolute Gasteiger partial charge is 0.477 e. The number of nitrogens with zero attached hydrogens (tertiary/aromatic N) is 2. The van der Waals surface area contributed by atoms with E-state index < -0.39 is 5.97 Å². The van der Waals surface area contributed by atoms with Crippen molar-refractivity contribution in [1.82, 2.24) is 5.32 Å². The van der Waals surface area contributed by atoms with Gasteiger partial charge >= 0.3 is 5.97 Å². The summed E-state index contributed by atoms with van der Waals surface area (Å²) in [4.78, 5) is 18.1. The Morgan fingerprint density at radius 3 is 2.50 bits per heavy atom. The molecule has 0 unspecified atom stereocenters. The van der Waals surface area contributed by atoms with Crippen molar-refractivity contribution in [3.8, 4) is 0 Å². The molecule has 0 radical (unpaired) electrons. The van der Waals surface area contributed by atoms with Crippen molar-refractivity contribution in [2.45, 2.75) is 6.92 Å². The molecule has 2 N–H and O–H groups in total. The van der Waals surface area contributed by atoms with E-state index in [4.69, 9.17) is 16.7 Å². The van der Waals surface area contributed by atoms with E-state index in [1.54, 1.807) is 6.92 Å². The van der Waals surface area contributed by atoms with Gasteiger partial charge in [-0.3, -0.25) is 4.99 Å². The minimum Gasteiger partial charge on any atom is -0.477 e. The Morgan fingerprint density at radius 2 is 2.21 bits per heavy atom. The van der Waals surface area contributed by atoms with Crippen LogP contribution in [0.5, 0.6) is 0 Å². The van der Waals surface area contributed by atoms with Crippen LogP contribution in [0.3, 0.4) is 0 Å². The average molecular weight is 218 g/mol. The number of hydrogen-bond donors (Lipinski definition) is 2. The molecule has 0 fully saturated rings. The van der Waals surface area contributed by atoms with Gasteiger partial charge in [0.05, 0.1) is 0 Å². The number of halogens is 1. The van der Waals surface area contributed by atoms with Gasteiger partial charge in [-0.15, -0.1) is 0 Å². The van der Waals surface area contributed by atoms with Gasteiger partial charge in [0.15, 0.2) is 5.84 Å². The first-order valence-electron chi connectivity index (χ1n) is 3.90. The number of aliphatic carboxylic acids is 1. The molecule has 0 aromatic carbocycles. The fourth-order valence-corrected chi connectivity index (χ4v) is 1.06. The van der Waals surface area contributed by atoms with E-state index in [9.17, 15) is 4.79 Å². The normalized spacial score (nSPS) is 13.2. The molecule has 0 bridgehead atoms. The highest BCUT2D eigenvalue weighted by molar-refractivity contribution is 6.45. The van der Waals surface area contributed by atoms with Crippen LogP contribution in [0.2, 0.25) is 0 Å². The lowest BCUT2D eigenvalue weighted by atomic mass is 10.3. The van der Waals surface area contributed by atoms with Crippen molar-refractivity contribution in [3.63, 3.8) is 0 Å². The molecule has 0 rings (SSSR count). The molecule has 0 spiro atoms. The summed E-state index contributed by atoms with van der Waals surface area (Å²) in [7, 11) is 1.46. The first-order valence-corrected chi connectivity index (χ1v) is 4.28. The molecular weight excluding hydrogens is 206 g/mol. The molecule has 0 aliphatic rings. The van der Waals surface area contributed by atoms with Gasteiger partial charge in [-0.25, -0.2) is 9.79 Å². The van der Waals surface area contributed by atoms with E-state index in [2.05, 4.69) is 22.0 Å². The smallest absolute Gasteiger partial charge is 0.353 e. The second-order valence-electron chi connectivity index (χ2n) is 2.20. The lowest BCUT2D eigenvalue weighted by Crippen LogP contribution is -2.19. The number of carbonyl (C=O) groups is 1. The molecule has 14 heavy (non-hydrogen) atoms. The molecule has 0 aromatic heterocycles. The Bertz CT molecular complexity index is 297. The quantitative estimate of drug-likeness (QED) is 0.417. The van der Waals surface area contributed by atoms with Gasteiger partial charge in [-0.05, 0) is 13.6 Å². The number of likely N-dealkylation sites (N-methyl/N-ethyl adjacent to an activating group) is 1. The van der Waals surface area contributed by atoms with Gasteiger partial charge in [0.25, 0.3) is 0 Å². The number of nitrogens with one attached hydrogen (secondary N) is 1. The number of rotatable bonds is 4. The maximum absolute atomic E-state index is 10.7. The first kappa shape index (κ1) is 12.6. The fourth-order valence-electron chi connectivity index (χ4n) is 0.761. The highest BCUT2D eigenvalue weighted by Crippen LogP contribution is 2.10. The molecule has 0 saturated carbocycles. The summed E-state index contributed by atoms with van der Waals surface area (Å²) in [5, 5.41) is 11.1. The predicted octanol–water partition coefficient (Wildman–Crippen LogP) is 0.860. The molecular formula is C8H12ClN3O2. The van der Waals surface area contributed by atoms with Crippen LogP contribution in [-0.2, 0) is 4.79 Å². The van der Waals surface area contributed by atoms with Crippen LogP contribution in [0.4, 0.5) is 0 Å². The number of carboxylic acids is 1. The van der Waals surface area contributed by atoms with Crippen LogP contribution < -0.4 is 5.32 Å². The number of amidine groups is 1. The average Bonchev–Trinajstić information content (AvgIpc) is 2.14. The van der Waals surface area contributed by atoms with Crippen LogP contribution in [0, 0.1) is 0 Å². The third-order valence-corrected chi connectivity index (χ3v) is 1.70. The van der Waals surface area contributed by atoms with Gasteiger partial charge in [0.1, 0.15) is 10.7 Å². The Kier molecular flexibility index (Phi) is 5.55. The second kappa shape index (κ2) is 6.15. The van der Waals surface area contributed by atoms with E-state index >= 15 is 0 Å². The molecule has 0 aliphatic heterocycles. The summed E-state index contributed by atoms with van der Waals surface area (Å²) >= 11 is 5.76. The highest BCUT2D eigenvalue weighted by Gasteiger charge is 2.14. The zero-order valence-electron chi connectivity index (χ0n) is 8.04. The SMILES string of the molecule is C=NC(=NCC)C(Cl)=C(NC)C(=O)O. The van der Waals surface area contributed by atoms with E-state index in [0.29, 0.717) is 6.54 Å². The number of aliphatic imine (C=N–C) groups is 2. The highest BCUT2D eigenvalue weighted by atomic mass is 35.5. The van der Waals surface area contributed by atoms with Gasteiger partial charge < -0.3 is 10.4 Å². The monoisotopic (exact) mass is 217 g/mol. The molecule has 0 aliphatic carbocycles. The van der Waals surface area contributed by atoms with Gasteiger partial charge in [-0.2, -0.15) is 0 Å². The van der Waals surface area contributed by atoms with Gasteiger partial charge in [-0.1, -0.05) is 11.6 Å². The van der Waals surface area contributed by atoms with Crippen LogP contribution in [0.15, 0.2) is 20.7 Å². The summed E-state index contributed by atoms with van der Waals surface area (Å²) in [6, 6.07) is 0. The molecule has 6 heteroatoms. The van der Waals surface area contributed by atoms with E-state index in [1.165, 1.54) is 7.05 Å². The van der Waals surface area contributed by atoms with Gasteiger partial charge in [0, 0.05) is 13.6 Å². The second-order valence-corrected chi connectivity index (χ2v) is 2.58. The molecule has 0 heterocycles. The lowest BCUT2D eigenvalue weighted by molar-refractivity contribution is -0.133. The van der Waals surface area contributed by atoms with Crippen LogP contribution in [0.1, 0.15) is 6.92 Å². The van der Waals surface area contributed by atoms with Crippen LogP contribution in [0.25, 0.3) is 0 Å². The minimum absolute atomic E-state index is 0.0446. The van der Waals surface area contributed by atoms with E-state index in [0.717, 1.165) is 0 Å². The van der Waals surface area contributed by atoms with Crippen LogP contribution >= 0.6 is 11.6 Å². The zero-order valence-corrected chi connectivity index (χ0v) is 8.80. The van der Waals surface area contributed by atoms with Gasteiger partial charge in [0.2, 0.25) is 0 Å².